The molecule has 0 bridgehead atoms. The standard InChI is InChI=1S/2C24H28N4O3.Ni/c2*1-4-6-9-17(5-2)15-31-24(30)18-14-19-21(29)12-11-20(23(19)26-16(18)3)27-28-22-10-7-8-13-25-22;/h2*7-8,10-14,17,29H,4-6,9,15H2,1-3H3;/p-2. The molecule has 4 aromatic heterocycles. The molecule has 0 aliphatic heterocycles. The summed E-state index contributed by atoms with van der Waals surface area (Å²) in [5.41, 5.74) is 3.24. The van der Waals surface area contributed by atoms with Gasteiger partial charge in [-0.3, -0.25) is 0 Å². The molecule has 14 nitrogen and oxygen atoms in total. The number of pyridine rings is 4. The van der Waals surface area contributed by atoms with Crippen LogP contribution >= 0.6 is 0 Å². The summed E-state index contributed by atoms with van der Waals surface area (Å²) in [6, 6.07) is 19.7. The van der Waals surface area contributed by atoms with Gasteiger partial charge in [-0.15, -0.1) is 20.5 Å². The maximum absolute atomic E-state index is 12.7. The molecule has 6 rings (SSSR count). The average molecular weight is 898 g/mol. The third-order valence-corrected chi connectivity index (χ3v) is 10.5. The number of unbranched alkanes of at least 4 members (excludes halogenated alkanes) is 2. The molecule has 63 heavy (non-hydrogen) atoms. The normalized spacial score (nSPS) is 12.2. The predicted molar refractivity (Wildman–Crippen MR) is 236 cm³/mol. The fourth-order valence-corrected chi connectivity index (χ4v) is 6.57. The van der Waals surface area contributed by atoms with Crippen LogP contribution in [-0.2, 0) is 26.0 Å². The van der Waals surface area contributed by atoms with Crippen LogP contribution in [-0.4, -0.2) is 45.1 Å². The number of hydrogen-bond acceptors (Lipinski definition) is 14. The van der Waals surface area contributed by atoms with E-state index in [-0.39, 0.29) is 28.0 Å². The summed E-state index contributed by atoms with van der Waals surface area (Å²) < 4.78 is 11.1. The number of carbonyl (C=O) groups excluding carboxylic acids is 2. The van der Waals surface area contributed by atoms with Crippen molar-refractivity contribution >= 4 is 56.8 Å². The summed E-state index contributed by atoms with van der Waals surface area (Å²) in [7, 11) is 0. The van der Waals surface area contributed by atoms with Gasteiger partial charge in [0.25, 0.3) is 0 Å². The summed E-state index contributed by atoms with van der Waals surface area (Å²) in [4.78, 5) is 42.6. The Bertz CT molecular complexity index is 2310. The van der Waals surface area contributed by atoms with Gasteiger partial charge < -0.3 is 19.7 Å². The number of esters is 2. The molecule has 334 valence electrons. The van der Waals surface area contributed by atoms with Crippen molar-refractivity contribution in [3.05, 3.63) is 108 Å². The van der Waals surface area contributed by atoms with Crippen molar-refractivity contribution in [3.63, 3.8) is 0 Å². The molecule has 0 amide bonds. The summed E-state index contributed by atoms with van der Waals surface area (Å²) >= 11 is 0. The van der Waals surface area contributed by atoms with Crippen molar-refractivity contribution in [2.75, 3.05) is 13.2 Å². The van der Waals surface area contributed by atoms with E-state index in [9.17, 15) is 19.8 Å². The monoisotopic (exact) mass is 896 g/mol. The molecule has 0 radical (unpaired) electrons. The predicted octanol–water partition coefficient (Wildman–Crippen LogP) is 11.6. The Hall–Kier alpha value is -6.21. The van der Waals surface area contributed by atoms with E-state index >= 15 is 0 Å². The average Bonchev–Trinajstić information content (AvgIpc) is 3.29. The number of benzene rings is 2. The molecule has 2 aromatic carbocycles. The van der Waals surface area contributed by atoms with Crippen LogP contribution in [0.25, 0.3) is 21.8 Å². The number of ether oxygens (including phenoxy) is 2. The number of carbonyl (C=O) groups is 2. The second-order valence-corrected chi connectivity index (χ2v) is 15.0. The van der Waals surface area contributed by atoms with E-state index in [2.05, 4.69) is 68.1 Å². The van der Waals surface area contributed by atoms with Crippen LogP contribution in [0, 0.1) is 25.7 Å². The molecule has 0 aliphatic carbocycles. The van der Waals surface area contributed by atoms with Gasteiger partial charge in [-0.05, 0) is 97.8 Å². The molecule has 0 aliphatic rings. The van der Waals surface area contributed by atoms with Crippen LogP contribution in [0.5, 0.6) is 11.5 Å². The number of hydrogen-bond donors (Lipinski definition) is 0. The minimum absolute atomic E-state index is 0. The Morgan fingerprint density at radius 2 is 1.02 bits per heavy atom. The van der Waals surface area contributed by atoms with Crippen molar-refractivity contribution in [2.45, 2.75) is 92.9 Å². The Labute approximate surface area is 378 Å². The van der Waals surface area contributed by atoms with Gasteiger partial charge in [0.1, 0.15) is 11.4 Å². The van der Waals surface area contributed by atoms with Gasteiger partial charge in [-0.25, -0.2) is 29.5 Å². The number of fused-ring (bicyclic) bond motifs is 2. The van der Waals surface area contributed by atoms with E-state index in [1.54, 1.807) is 74.8 Å². The van der Waals surface area contributed by atoms with Gasteiger partial charge in [0.15, 0.2) is 11.6 Å². The zero-order valence-corrected chi connectivity index (χ0v) is 37.6. The van der Waals surface area contributed by atoms with Crippen molar-refractivity contribution in [1.29, 1.82) is 0 Å². The zero-order chi connectivity index (χ0) is 44.4. The van der Waals surface area contributed by atoms with Crippen LogP contribution in [0.1, 0.15) is 111 Å². The van der Waals surface area contributed by atoms with Crippen molar-refractivity contribution < 1.29 is 45.8 Å². The Morgan fingerprint density at radius 1 is 0.603 bits per heavy atom. The van der Waals surface area contributed by atoms with Gasteiger partial charge in [-0.2, -0.15) is 0 Å². The van der Waals surface area contributed by atoms with Crippen LogP contribution in [0.3, 0.4) is 0 Å². The summed E-state index contributed by atoms with van der Waals surface area (Å²) in [6.07, 6.45) is 11.7. The van der Waals surface area contributed by atoms with Crippen LogP contribution in [0.15, 0.2) is 106 Å². The van der Waals surface area contributed by atoms with Crippen LogP contribution in [0.4, 0.5) is 23.0 Å². The third-order valence-electron chi connectivity index (χ3n) is 10.5. The van der Waals surface area contributed by atoms with Crippen molar-refractivity contribution in [2.24, 2.45) is 32.3 Å². The molecule has 2 unspecified atom stereocenters. The molecule has 0 N–H and O–H groups in total. The van der Waals surface area contributed by atoms with Gasteiger partial charge in [-0.1, -0.05) is 102 Å². The Kier molecular flexibility index (Phi) is 19.7. The number of aromatic nitrogens is 4. The number of azo groups is 2. The molecule has 0 saturated heterocycles. The van der Waals surface area contributed by atoms with Gasteiger partial charge in [0.2, 0.25) is 0 Å². The van der Waals surface area contributed by atoms with Gasteiger partial charge >= 0.3 is 11.9 Å². The number of aryl methyl sites for hydroxylation is 2. The molecule has 0 fully saturated rings. The molecule has 6 aromatic rings. The Morgan fingerprint density at radius 3 is 1.37 bits per heavy atom. The Balaban J connectivity index is 0.000000272. The third kappa shape index (κ3) is 13.9. The summed E-state index contributed by atoms with van der Waals surface area (Å²) in [6.45, 7) is 12.7. The maximum Gasteiger partial charge on any atom is 0.340 e. The first kappa shape index (κ1) is 49.4. The molecule has 4 heterocycles. The van der Waals surface area contributed by atoms with Crippen LogP contribution < -0.4 is 10.2 Å². The largest absolute Gasteiger partial charge is 0.872 e. The molecule has 15 heteroatoms. The minimum Gasteiger partial charge on any atom is -0.872 e. The SMILES string of the molecule is CCCCC(CC)COC(=O)c1cc2c([O-])ccc(N=Nc3ccccn3)c2nc1C.CCCCC(CC)COC(=O)c1cc2c([O-])ccc(N=Nc3ccccn3)c2nc1C.[Ni]. The van der Waals surface area contributed by atoms with E-state index in [1.165, 1.54) is 12.1 Å². The summed E-state index contributed by atoms with van der Waals surface area (Å²) in [5.74, 6) is 0.200. The minimum atomic E-state index is -0.457. The van der Waals surface area contributed by atoms with Crippen molar-refractivity contribution in [1.82, 2.24) is 19.9 Å². The van der Waals surface area contributed by atoms with Crippen molar-refractivity contribution in [3.8, 4) is 11.5 Å². The maximum atomic E-state index is 12.7. The van der Waals surface area contributed by atoms with E-state index in [0.29, 0.717) is 92.4 Å². The summed E-state index contributed by atoms with van der Waals surface area (Å²) in [5, 5.41) is 42.1. The molecular weight excluding hydrogens is 843 g/mol. The first-order valence-electron chi connectivity index (χ1n) is 21.3. The quantitative estimate of drug-likeness (QED) is 0.0454. The first-order valence-corrected chi connectivity index (χ1v) is 21.3. The molecule has 2 atom stereocenters. The molecular formula is C48H54N8NiO6-2. The van der Waals surface area contributed by atoms with Gasteiger partial charge in [0, 0.05) is 28.9 Å². The topological polar surface area (TPSA) is 200 Å². The van der Waals surface area contributed by atoms with E-state index < -0.39 is 11.9 Å². The first-order chi connectivity index (χ1) is 30.1. The zero-order valence-electron chi connectivity index (χ0n) is 36.7. The van der Waals surface area contributed by atoms with E-state index in [0.717, 1.165) is 51.4 Å². The molecule has 0 saturated carbocycles. The van der Waals surface area contributed by atoms with Gasteiger partial charge in [0.05, 0.1) is 46.8 Å². The smallest absolute Gasteiger partial charge is 0.340 e. The number of nitrogens with zero attached hydrogens (tertiary/aromatic N) is 8. The van der Waals surface area contributed by atoms with E-state index in [4.69, 9.17) is 9.47 Å². The molecule has 0 spiro atoms. The second kappa shape index (κ2) is 25.0. The van der Waals surface area contributed by atoms with E-state index in [1.807, 2.05) is 12.1 Å². The fourth-order valence-electron chi connectivity index (χ4n) is 6.57. The number of rotatable bonds is 18. The fraction of sp³-hybridized carbons (Fsp3) is 0.375. The second-order valence-electron chi connectivity index (χ2n) is 15.0. The van der Waals surface area contributed by atoms with Crippen LogP contribution in [0.2, 0.25) is 0 Å².